The fraction of sp³-hybridized carbons (Fsp3) is 0.0385. The Morgan fingerprint density at radius 1 is 0.436 bits per heavy atom. The van der Waals surface area contributed by atoms with E-state index in [9.17, 15) is 0 Å². The standard InChI is InChI=1S/C52H34N2S/c1-52(36-16-3-2-4-17-36)45-26-9-7-19-39(45)41-22-13-25-44(49(41)52)47-32-46(53-51(54-47)43-24-11-15-33-14-5-6-18-37(33)43)35-30-28-34(29-31-35)38-21-12-23-42-40-20-8-10-27-48(40)55-50(38)42/h2-32H,1H3. The Bertz CT molecular complexity index is 3100. The Labute approximate surface area is 324 Å². The normalized spacial score (nSPS) is 14.7. The Morgan fingerprint density at radius 2 is 1.04 bits per heavy atom. The van der Waals surface area contributed by atoms with Crippen LogP contribution in [0.2, 0.25) is 0 Å². The lowest BCUT2D eigenvalue weighted by molar-refractivity contribution is 0.715. The predicted molar refractivity (Wildman–Crippen MR) is 232 cm³/mol. The van der Waals surface area contributed by atoms with Gasteiger partial charge in [-0.05, 0) is 68.8 Å². The van der Waals surface area contributed by atoms with Gasteiger partial charge in [-0.15, -0.1) is 11.3 Å². The maximum atomic E-state index is 5.46. The average Bonchev–Trinajstić information content (AvgIpc) is 3.77. The molecule has 0 N–H and O–H groups in total. The van der Waals surface area contributed by atoms with Gasteiger partial charge in [0.1, 0.15) is 0 Å². The first-order valence-corrected chi connectivity index (χ1v) is 19.6. The number of thiophene rings is 1. The molecule has 0 fully saturated rings. The zero-order chi connectivity index (χ0) is 36.5. The number of aromatic nitrogens is 2. The molecule has 258 valence electrons. The first-order chi connectivity index (χ1) is 27.1. The molecule has 2 aromatic heterocycles. The van der Waals surface area contributed by atoms with E-state index < -0.39 is 0 Å². The molecule has 0 spiro atoms. The van der Waals surface area contributed by atoms with E-state index in [0.717, 1.165) is 39.3 Å². The van der Waals surface area contributed by atoms with Crippen molar-refractivity contribution < 1.29 is 0 Å². The summed E-state index contributed by atoms with van der Waals surface area (Å²) in [5, 5.41) is 4.93. The van der Waals surface area contributed by atoms with E-state index in [1.54, 1.807) is 0 Å². The number of hydrogen-bond donors (Lipinski definition) is 0. The highest BCUT2D eigenvalue weighted by atomic mass is 32.1. The van der Waals surface area contributed by atoms with Gasteiger partial charge in [-0.3, -0.25) is 0 Å². The van der Waals surface area contributed by atoms with Gasteiger partial charge in [-0.1, -0.05) is 176 Å². The van der Waals surface area contributed by atoms with Crippen LogP contribution >= 0.6 is 11.3 Å². The van der Waals surface area contributed by atoms with Gasteiger partial charge >= 0.3 is 0 Å². The first-order valence-electron chi connectivity index (χ1n) is 18.8. The zero-order valence-electron chi connectivity index (χ0n) is 30.2. The summed E-state index contributed by atoms with van der Waals surface area (Å²) in [5.74, 6) is 0.720. The Hall–Kier alpha value is -6.68. The van der Waals surface area contributed by atoms with Gasteiger partial charge in [0.15, 0.2) is 5.82 Å². The third-order valence-electron chi connectivity index (χ3n) is 11.6. The zero-order valence-corrected chi connectivity index (χ0v) is 31.0. The minimum atomic E-state index is -0.371. The van der Waals surface area contributed by atoms with Gasteiger partial charge in [0, 0.05) is 42.3 Å². The molecule has 8 aromatic carbocycles. The summed E-state index contributed by atoms with van der Waals surface area (Å²) in [7, 11) is 0. The number of benzene rings is 8. The summed E-state index contributed by atoms with van der Waals surface area (Å²) in [6.07, 6.45) is 0. The van der Waals surface area contributed by atoms with E-state index >= 15 is 0 Å². The van der Waals surface area contributed by atoms with Gasteiger partial charge in [-0.25, -0.2) is 9.97 Å². The van der Waals surface area contributed by atoms with Crippen molar-refractivity contribution in [1.29, 1.82) is 0 Å². The molecule has 2 nitrogen and oxygen atoms in total. The van der Waals surface area contributed by atoms with Crippen molar-refractivity contribution in [3.8, 4) is 56.2 Å². The minimum Gasteiger partial charge on any atom is -0.228 e. The predicted octanol–water partition coefficient (Wildman–Crippen LogP) is 14.0. The van der Waals surface area contributed by atoms with E-state index in [1.165, 1.54) is 64.5 Å². The molecule has 0 radical (unpaired) electrons. The summed E-state index contributed by atoms with van der Waals surface area (Å²) in [6, 6.07) is 67.9. The topological polar surface area (TPSA) is 25.8 Å². The van der Waals surface area contributed by atoms with E-state index in [1.807, 2.05) is 11.3 Å². The third kappa shape index (κ3) is 4.94. The van der Waals surface area contributed by atoms with Crippen LogP contribution in [0.1, 0.15) is 23.6 Å². The molecule has 1 aliphatic rings. The summed E-state index contributed by atoms with van der Waals surface area (Å²) < 4.78 is 2.63. The highest BCUT2D eigenvalue weighted by Gasteiger charge is 2.42. The molecule has 3 heteroatoms. The van der Waals surface area contributed by atoms with Crippen molar-refractivity contribution in [2.45, 2.75) is 12.3 Å². The summed E-state index contributed by atoms with van der Waals surface area (Å²) in [6.45, 7) is 2.38. The number of rotatable bonds is 5. The summed E-state index contributed by atoms with van der Waals surface area (Å²) in [4.78, 5) is 10.8. The monoisotopic (exact) mass is 718 g/mol. The van der Waals surface area contributed by atoms with Crippen LogP contribution in [0, 0.1) is 0 Å². The Morgan fingerprint density at radius 3 is 1.93 bits per heavy atom. The molecule has 0 bridgehead atoms. The van der Waals surface area contributed by atoms with Crippen molar-refractivity contribution in [3.63, 3.8) is 0 Å². The molecule has 0 saturated heterocycles. The molecule has 11 rings (SSSR count). The second-order valence-corrected chi connectivity index (χ2v) is 15.7. The molecule has 0 aliphatic heterocycles. The fourth-order valence-electron chi connectivity index (χ4n) is 8.96. The van der Waals surface area contributed by atoms with Crippen LogP contribution in [0.15, 0.2) is 188 Å². The molecule has 0 amide bonds. The maximum absolute atomic E-state index is 5.46. The van der Waals surface area contributed by atoms with Crippen LogP contribution in [0.4, 0.5) is 0 Å². The van der Waals surface area contributed by atoms with Crippen molar-refractivity contribution >= 4 is 42.3 Å². The maximum Gasteiger partial charge on any atom is 0.161 e. The van der Waals surface area contributed by atoms with Crippen LogP contribution < -0.4 is 0 Å². The Kier molecular flexibility index (Phi) is 7.20. The van der Waals surface area contributed by atoms with Crippen LogP contribution in [-0.2, 0) is 5.41 Å². The van der Waals surface area contributed by atoms with E-state index in [0.29, 0.717) is 0 Å². The Balaban J connectivity index is 1.12. The fourth-order valence-corrected chi connectivity index (χ4v) is 10.2. The van der Waals surface area contributed by atoms with Crippen molar-refractivity contribution in [2.75, 3.05) is 0 Å². The highest BCUT2D eigenvalue weighted by molar-refractivity contribution is 7.26. The molecule has 1 aliphatic carbocycles. The third-order valence-corrected chi connectivity index (χ3v) is 12.8. The summed E-state index contributed by atoms with van der Waals surface area (Å²) in [5.41, 5.74) is 13.5. The molecule has 1 unspecified atom stereocenters. The van der Waals surface area contributed by atoms with Crippen LogP contribution in [0.5, 0.6) is 0 Å². The molecule has 10 aromatic rings. The average molecular weight is 719 g/mol. The molecule has 55 heavy (non-hydrogen) atoms. The van der Waals surface area contributed by atoms with Gasteiger partial charge in [0.2, 0.25) is 0 Å². The van der Waals surface area contributed by atoms with E-state index in [2.05, 4.69) is 195 Å². The SMILES string of the molecule is CC1(c2ccccc2)c2ccccc2-c2cccc(-c3cc(-c4ccc(-c5cccc6c5sc5ccccc56)cc4)nc(-c4cccc5ccccc45)n3)c21. The molecular formula is C52H34N2S. The van der Waals surface area contributed by atoms with Crippen molar-refractivity contribution in [2.24, 2.45) is 0 Å². The molecule has 2 heterocycles. The van der Waals surface area contributed by atoms with Gasteiger partial charge < -0.3 is 0 Å². The highest BCUT2D eigenvalue weighted by Crippen LogP contribution is 2.55. The second-order valence-electron chi connectivity index (χ2n) is 14.6. The van der Waals surface area contributed by atoms with Gasteiger partial charge in [0.25, 0.3) is 0 Å². The molecular weight excluding hydrogens is 685 g/mol. The largest absolute Gasteiger partial charge is 0.228 e. The quantitative estimate of drug-likeness (QED) is 0.177. The lowest BCUT2D eigenvalue weighted by atomic mass is 9.72. The molecule has 0 saturated carbocycles. The van der Waals surface area contributed by atoms with E-state index in [-0.39, 0.29) is 5.41 Å². The van der Waals surface area contributed by atoms with E-state index in [4.69, 9.17) is 9.97 Å². The first kappa shape index (κ1) is 31.8. The van der Waals surface area contributed by atoms with Crippen molar-refractivity contribution in [1.82, 2.24) is 9.97 Å². The van der Waals surface area contributed by atoms with Gasteiger partial charge in [-0.2, -0.15) is 0 Å². The van der Waals surface area contributed by atoms with Gasteiger partial charge in [0.05, 0.1) is 11.4 Å². The minimum absolute atomic E-state index is 0.371. The summed E-state index contributed by atoms with van der Waals surface area (Å²) >= 11 is 1.87. The lowest BCUT2D eigenvalue weighted by Gasteiger charge is -2.30. The number of nitrogens with zero attached hydrogens (tertiary/aromatic N) is 2. The van der Waals surface area contributed by atoms with Crippen molar-refractivity contribution in [3.05, 3.63) is 205 Å². The number of hydrogen-bond acceptors (Lipinski definition) is 3. The number of fused-ring (bicyclic) bond motifs is 7. The smallest absolute Gasteiger partial charge is 0.161 e. The van der Waals surface area contributed by atoms with Crippen LogP contribution in [0.25, 0.3) is 87.1 Å². The lowest BCUT2D eigenvalue weighted by Crippen LogP contribution is -2.23. The second kappa shape index (κ2) is 12.4. The van der Waals surface area contributed by atoms with Crippen LogP contribution in [0.3, 0.4) is 0 Å². The van der Waals surface area contributed by atoms with Crippen LogP contribution in [-0.4, -0.2) is 9.97 Å². The molecule has 1 atom stereocenters.